The van der Waals surface area contributed by atoms with Gasteiger partial charge in [-0.25, -0.2) is 4.79 Å². The summed E-state index contributed by atoms with van der Waals surface area (Å²) < 4.78 is 5.79. The molecule has 0 aliphatic carbocycles. The number of carboxylic acid groups (broad SMARTS) is 1. The van der Waals surface area contributed by atoms with Gasteiger partial charge in [0.2, 0.25) is 0 Å². The van der Waals surface area contributed by atoms with Gasteiger partial charge in [0, 0.05) is 42.6 Å². The van der Waals surface area contributed by atoms with E-state index in [9.17, 15) is 19.5 Å². The van der Waals surface area contributed by atoms with Gasteiger partial charge in [0.05, 0.1) is 0 Å². The van der Waals surface area contributed by atoms with Crippen LogP contribution in [-0.2, 0) is 16.0 Å². The van der Waals surface area contributed by atoms with E-state index in [0.717, 1.165) is 18.5 Å². The fourth-order valence-electron chi connectivity index (χ4n) is 4.35. The minimum absolute atomic E-state index is 0.0351. The Bertz CT molecular complexity index is 1250. The molecule has 0 fully saturated rings. The van der Waals surface area contributed by atoms with Crippen LogP contribution in [0.15, 0.2) is 78.9 Å². The Balaban J connectivity index is 1.47. The maximum Gasteiger partial charge on any atom is 0.326 e. The van der Waals surface area contributed by atoms with Crippen LogP contribution in [0.3, 0.4) is 0 Å². The third kappa shape index (κ3) is 10.3. The quantitative estimate of drug-likeness (QED) is 0.155. The molecule has 1 atom stereocenters. The summed E-state index contributed by atoms with van der Waals surface area (Å²) in [7, 11) is 0. The lowest BCUT2D eigenvalue weighted by Gasteiger charge is -2.18. The number of aliphatic carboxylic acids is 1. The third-order valence-electron chi connectivity index (χ3n) is 6.28. The Morgan fingerprint density at radius 2 is 1.55 bits per heavy atom. The molecule has 7 nitrogen and oxygen atoms in total. The number of benzene rings is 3. The Morgan fingerprint density at radius 1 is 0.875 bits per heavy atom. The Labute approximate surface area is 237 Å². The number of ketones is 2. The molecule has 3 aromatic carbocycles. The van der Waals surface area contributed by atoms with E-state index in [4.69, 9.17) is 4.74 Å². The zero-order chi connectivity index (χ0) is 29.0. The zero-order valence-electron chi connectivity index (χ0n) is 23.6. The minimum atomic E-state index is -1.01. The van der Waals surface area contributed by atoms with Crippen molar-refractivity contribution in [1.82, 2.24) is 5.32 Å². The molecule has 0 spiro atoms. The first kappa shape index (κ1) is 30.6. The normalized spacial score (nSPS) is 12.0. The molecule has 0 saturated heterocycles. The standard InChI is InChI=1S/C33H40N2O5/c1-33(2,3)23-26(36)12-9-19-34-20-21-40-27-17-15-24(16-18-27)22-30(32(38)39)35-29-14-8-7-13-28(29)31(37)25-10-5-4-6-11-25/h4-8,10-11,13-18,30,34-35H,9,12,19-23H2,1-3H3,(H,38,39). The van der Waals surface area contributed by atoms with Crippen molar-refractivity contribution >= 4 is 23.2 Å². The van der Waals surface area contributed by atoms with Crippen LogP contribution in [0, 0.1) is 5.41 Å². The highest BCUT2D eigenvalue weighted by Crippen LogP contribution is 2.22. The number of carbonyl (C=O) groups is 3. The smallest absolute Gasteiger partial charge is 0.326 e. The number of carboxylic acids is 1. The average Bonchev–Trinajstić information content (AvgIpc) is 2.92. The van der Waals surface area contributed by atoms with Crippen LogP contribution >= 0.6 is 0 Å². The number of ether oxygens (including phenoxy) is 1. The lowest BCUT2D eigenvalue weighted by Crippen LogP contribution is -2.32. The lowest BCUT2D eigenvalue weighted by atomic mass is 9.89. The van der Waals surface area contributed by atoms with Crippen LogP contribution < -0.4 is 15.4 Å². The molecule has 0 saturated carbocycles. The summed E-state index contributed by atoms with van der Waals surface area (Å²) >= 11 is 0. The molecule has 0 radical (unpaired) electrons. The van der Waals surface area contributed by atoms with Gasteiger partial charge in [-0.15, -0.1) is 0 Å². The highest BCUT2D eigenvalue weighted by Gasteiger charge is 2.21. The van der Waals surface area contributed by atoms with Gasteiger partial charge in [0.15, 0.2) is 5.78 Å². The number of carbonyl (C=O) groups excluding carboxylic acids is 2. The van der Waals surface area contributed by atoms with Crippen LogP contribution in [0.25, 0.3) is 0 Å². The first-order valence-corrected chi connectivity index (χ1v) is 13.7. The molecule has 1 unspecified atom stereocenters. The predicted molar refractivity (Wildman–Crippen MR) is 158 cm³/mol. The van der Waals surface area contributed by atoms with Gasteiger partial charge >= 0.3 is 5.97 Å². The first-order chi connectivity index (χ1) is 19.1. The molecule has 0 aliphatic heterocycles. The summed E-state index contributed by atoms with van der Waals surface area (Å²) in [5.41, 5.74) is 2.31. The Kier molecular flexibility index (Phi) is 11.5. The fourth-order valence-corrected chi connectivity index (χ4v) is 4.35. The number of hydrogen-bond acceptors (Lipinski definition) is 6. The molecule has 0 bridgehead atoms. The number of hydrogen-bond donors (Lipinski definition) is 3. The van der Waals surface area contributed by atoms with Crippen LogP contribution in [0.5, 0.6) is 5.75 Å². The molecule has 0 heterocycles. The summed E-state index contributed by atoms with van der Waals surface area (Å²) in [4.78, 5) is 37.1. The summed E-state index contributed by atoms with van der Waals surface area (Å²) in [6, 6.07) is 22.3. The van der Waals surface area contributed by atoms with Crippen LogP contribution in [-0.4, -0.2) is 48.4 Å². The van der Waals surface area contributed by atoms with E-state index < -0.39 is 12.0 Å². The molecule has 7 heteroatoms. The van der Waals surface area contributed by atoms with Crippen molar-refractivity contribution in [1.29, 1.82) is 0 Å². The summed E-state index contributed by atoms with van der Waals surface area (Å²) in [6.07, 6.45) is 2.25. The van der Waals surface area contributed by atoms with E-state index in [1.807, 2.05) is 30.3 Å². The van der Waals surface area contributed by atoms with Crippen LogP contribution in [0.1, 0.15) is 61.5 Å². The average molecular weight is 545 g/mol. The van der Waals surface area contributed by atoms with Gasteiger partial charge in [-0.05, 0) is 48.2 Å². The summed E-state index contributed by atoms with van der Waals surface area (Å²) in [6.45, 7) is 8.14. The Morgan fingerprint density at radius 3 is 2.23 bits per heavy atom. The van der Waals surface area contributed by atoms with Crippen molar-refractivity contribution in [2.45, 2.75) is 52.5 Å². The van der Waals surface area contributed by atoms with E-state index in [2.05, 4.69) is 31.4 Å². The summed E-state index contributed by atoms with van der Waals surface area (Å²) in [5, 5.41) is 16.2. The van der Waals surface area contributed by atoms with Gasteiger partial charge in [-0.3, -0.25) is 9.59 Å². The van der Waals surface area contributed by atoms with Crippen molar-refractivity contribution in [3.05, 3.63) is 95.6 Å². The molecule has 0 aliphatic rings. The molecule has 0 amide bonds. The van der Waals surface area contributed by atoms with Gasteiger partial charge < -0.3 is 20.5 Å². The van der Waals surface area contributed by atoms with E-state index in [1.54, 1.807) is 48.5 Å². The van der Waals surface area contributed by atoms with E-state index in [-0.39, 0.29) is 17.6 Å². The molecule has 0 aromatic heterocycles. The van der Waals surface area contributed by atoms with Crippen LogP contribution in [0.2, 0.25) is 0 Å². The Hall–Kier alpha value is -3.97. The van der Waals surface area contributed by atoms with Gasteiger partial charge in [0.1, 0.15) is 24.2 Å². The fraction of sp³-hybridized carbons (Fsp3) is 0.364. The SMILES string of the molecule is CC(C)(C)CC(=O)CCCNCCOc1ccc(CC(Nc2ccccc2C(=O)c2ccccc2)C(=O)O)cc1. The van der Waals surface area contributed by atoms with Gasteiger partial charge in [-0.2, -0.15) is 0 Å². The largest absolute Gasteiger partial charge is 0.492 e. The third-order valence-corrected chi connectivity index (χ3v) is 6.28. The zero-order valence-corrected chi connectivity index (χ0v) is 23.6. The van der Waals surface area contributed by atoms with Crippen molar-refractivity contribution < 1.29 is 24.2 Å². The topological polar surface area (TPSA) is 105 Å². The molecular formula is C33H40N2O5. The van der Waals surface area contributed by atoms with Crippen molar-refractivity contribution in [3.8, 4) is 5.75 Å². The molecule has 3 rings (SSSR count). The predicted octanol–water partition coefficient (Wildman–Crippen LogP) is 5.78. The highest BCUT2D eigenvalue weighted by atomic mass is 16.5. The number of rotatable bonds is 16. The molecule has 40 heavy (non-hydrogen) atoms. The van der Waals surface area contributed by atoms with E-state index in [0.29, 0.717) is 54.3 Å². The van der Waals surface area contributed by atoms with Crippen molar-refractivity contribution in [2.24, 2.45) is 5.41 Å². The highest BCUT2D eigenvalue weighted by molar-refractivity contribution is 6.12. The second-order valence-corrected chi connectivity index (χ2v) is 11.1. The lowest BCUT2D eigenvalue weighted by molar-refractivity contribution is -0.137. The number of nitrogens with one attached hydrogen (secondary N) is 2. The van der Waals surface area contributed by atoms with E-state index in [1.165, 1.54) is 0 Å². The maximum atomic E-state index is 13.0. The molecule has 212 valence electrons. The number of anilines is 1. The molecule has 3 N–H and O–H groups in total. The second kappa shape index (κ2) is 15.0. The summed E-state index contributed by atoms with van der Waals surface area (Å²) in [5.74, 6) is -0.174. The maximum absolute atomic E-state index is 13.0. The van der Waals surface area contributed by atoms with Crippen LogP contribution in [0.4, 0.5) is 5.69 Å². The molecule has 3 aromatic rings. The second-order valence-electron chi connectivity index (χ2n) is 11.1. The minimum Gasteiger partial charge on any atom is -0.492 e. The van der Waals surface area contributed by atoms with Gasteiger partial charge in [-0.1, -0.05) is 75.4 Å². The van der Waals surface area contributed by atoms with E-state index >= 15 is 0 Å². The first-order valence-electron chi connectivity index (χ1n) is 13.7. The number of Topliss-reactive ketones (excluding diaryl/α,β-unsaturated/α-hetero) is 1. The molecular weight excluding hydrogens is 504 g/mol. The van der Waals surface area contributed by atoms with Crippen molar-refractivity contribution in [2.75, 3.05) is 25.0 Å². The monoisotopic (exact) mass is 544 g/mol. The van der Waals surface area contributed by atoms with Gasteiger partial charge in [0.25, 0.3) is 0 Å². The van der Waals surface area contributed by atoms with Crippen molar-refractivity contribution in [3.63, 3.8) is 0 Å². The number of para-hydroxylation sites is 1.